The molecule has 0 bridgehead atoms. The van der Waals surface area contributed by atoms with Crippen molar-refractivity contribution in [1.82, 2.24) is 9.80 Å². The Morgan fingerprint density at radius 2 is 1.58 bits per heavy atom. The number of likely N-dealkylation sites (N-methyl/N-ethyl adjacent to an activating group) is 1. The van der Waals surface area contributed by atoms with Gasteiger partial charge in [-0.1, -0.05) is 54.6 Å². The number of likely N-dealkylation sites (tertiary alicyclic amines) is 1. The van der Waals surface area contributed by atoms with Crippen molar-refractivity contribution in [2.24, 2.45) is 11.8 Å². The molecule has 9 heteroatoms. The monoisotopic (exact) mass is 584 g/mol. The van der Waals surface area contributed by atoms with Gasteiger partial charge in [-0.2, -0.15) is 0 Å². The summed E-state index contributed by atoms with van der Waals surface area (Å²) in [5.74, 6) is -2.64. The van der Waals surface area contributed by atoms with Crippen LogP contribution in [0.1, 0.15) is 32.4 Å². The number of hydrogen-bond acceptors (Lipinski definition) is 6. The van der Waals surface area contributed by atoms with Crippen LogP contribution in [0.15, 0.2) is 78.9 Å². The number of rotatable bonds is 7. The minimum Gasteiger partial charge on any atom is -0.394 e. The minimum absolute atomic E-state index is 0.197. The fraction of sp³-hybridized carbons (Fsp3) is 0.441. The summed E-state index contributed by atoms with van der Waals surface area (Å²) in [6, 6.07) is 15.2. The van der Waals surface area contributed by atoms with Gasteiger partial charge in [-0.3, -0.25) is 14.4 Å². The van der Waals surface area contributed by atoms with Crippen LogP contribution >= 0.6 is 0 Å². The maximum Gasteiger partial charge on any atom is 0.253 e. The fourth-order valence-electron chi connectivity index (χ4n) is 7.61. The highest BCUT2D eigenvalue weighted by Gasteiger charge is 2.75. The number of benzene rings is 2. The molecule has 2 aromatic rings. The molecule has 1 unspecified atom stereocenters. The third-order valence-electron chi connectivity index (χ3n) is 9.68. The lowest BCUT2D eigenvalue weighted by atomic mass is 9.74. The standard InChI is InChI=1S/C34H40N4O5/c1-5-36(6-2)24-14-16-25(17-15-24)37-21-11-19-34-28(27-30(40)35(4)20-10-18-33(27,3)43-34)31(41)38(29(34)32(37)42)26(22-39)23-12-8-7-9-13-23/h7-19,26-29,39H,5-6,20-22H2,1-4H3/t26-,27-,28+,29?,33+,34+/m1/s1. The highest BCUT2D eigenvalue weighted by atomic mass is 16.5. The summed E-state index contributed by atoms with van der Waals surface area (Å²) in [7, 11) is 1.72. The van der Waals surface area contributed by atoms with E-state index in [1.807, 2.05) is 85.8 Å². The molecule has 1 spiro atoms. The average Bonchev–Trinajstić information content (AvgIpc) is 3.29. The third kappa shape index (κ3) is 4.40. The van der Waals surface area contributed by atoms with Crippen molar-refractivity contribution in [1.29, 1.82) is 0 Å². The third-order valence-corrected chi connectivity index (χ3v) is 9.68. The number of anilines is 2. The van der Waals surface area contributed by atoms with E-state index in [1.165, 1.54) is 4.90 Å². The van der Waals surface area contributed by atoms with Crippen LogP contribution in [0.25, 0.3) is 0 Å². The van der Waals surface area contributed by atoms with E-state index in [1.54, 1.807) is 16.8 Å². The zero-order chi connectivity index (χ0) is 30.5. The van der Waals surface area contributed by atoms with Gasteiger partial charge in [-0.05, 0) is 50.6 Å². The van der Waals surface area contributed by atoms with Crippen molar-refractivity contribution in [3.63, 3.8) is 0 Å². The van der Waals surface area contributed by atoms with Crippen LogP contribution in [0.5, 0.6) is 0 Å². The van der Waals surface area contributed by atoms with Gasteiger partial charge in [0.05, 0.1) is 30.1 Å². The Morgan fingerprint density at radius 1 is 0.907 bits per heavy atom. The first-order chi connectivity index (χ1) is 20.7. The molecule has 0 aliphatic carbocycles. The second-order valence-electron chi connectivity index (χ2n) is 12.0. The van der Waals surface area contributed by atoms with E-state index in [0.29, 0.717) is 17.8 Å². The predicted octanol–water partition coefficient (Wildman–Crippen LogP) is 3.17. The number of carbonyl (C=O) groups excluding carboxylic acids is 3. The fourth-order valence-corrected chi connectivity index (χ4v) is 7.61. The summed E-state index contributed by atoms with van der Waals surface area (Å²) in [6.07, 6.45) is 7.47. The Labute approximate surface area is 253 Å². The van der Waals surface area contributed by atoms with Crippen LogP contribution in [0.3, 0.4) is 0 Å². The Balaban J connectivity index is 1.49. The highest BCUT2D eigenvalue weighted by Crippen LogP contribution is 2.58. The minimum atomic E-state index is -1.40. The SMILES string of the molecule is CCN(CC)c1ccc(N2CC=C[C@]34O[C@@]5(C)C=CCN(C)C(=O)[C@H]5[C@H]3C(=O)N([C@H](CO)c3ccccc3)C4C2=O)cc1. The highest BCUT2D eigenvalue weighted by molar-refractivity contribution is 6.06. The van der Waals surface area contributed by atoms with E-state index >= 15 is 0 Å². The summed E-state index contributed by atoms with van der Waals surface area (Å²) in [6.45, 7) is 8.07. The van der Waals surface area contributed by atoms with E-state index in [2.05, 4.69) is 18.7 Å². The van der Waals surface area contributed by atoms with E-state index in [-0.39, 0.29) is 30.9 Å². The molecule has 0 saturated carbocycles. The lowest BCUT2D eigenvalue weighted by molar-refractivity contribution is -0.151. The number of ether oxygens (including phenoxy) is 1. The van der Waals surface area contributed by atoms with Crippen molar-refractivity contribution in [3.05, 3.63) is 84.5 Å². The molecule has 0 radical (unpaired) electrons. The summed E-state index contributed by atoms with van der Waals surface area (Å²) in [4.78, 5) is 50.4. The summed E-state index contributed by atoms with van der Waals surface area (Å²) >= 11 is 0. The number of fused-ring (bicyclic) bond motifs is 2. The van der Waals surface area contributed by atoms with Gasteiger partial charge < -0.3 is 29.4 Å². The largest absolute Gasteiger partial charge is 0.394 e. The van der Waals surface area contributed by atoms with Crippen LogP contribution in [-0.2, 0) is 19.1 Å². The van der Waals surface area contributed by atoms with Crippen molar-refractivity contribution in [2.45, 2.75) is 44.1 Å². The Hall–Kier alpha value is -3.95. The molecule has 226 valence electrons. The molecule has 43 heavy (non-hydrogen) atoms. The molecule has 6 atom stereocenters. The first-order valence-corrected chi connectivity index (χ1v) is 15.2. The van der Waals surface area contributed by atoms with Gasteiger partial charge in [-0.25, -0.2) is 0 Å². The molecular formula is C34H40N4O5. The van der Waals surface area contributed by atoms with E-state index in [0.717, 1.165) is 18.8 Å². The molecule has 4 heterocycles. The molecule has 2 aromatic carbocycles. The summed E-state index contributed by atoms with van der Waals surface area (Å²) < 4.78 is 6.89. The normalized spacial score (nSPS) is 30.6. The van der Waals surface area contributed by atoms with Gasteiger partial charge in [0.25, 0.3) is 5.91 Å². The first-order valence-electron chi connectivity index (χ1n) is 15.2. The molecule has 6 rings (SSSR count). The number of aliphatic hydroxyl groups is 1. The lowest BCUT2D eigenvalue weighted by Gasteiger charge is -2.40. The Morgan fingerprint density at radius 3 is 2.23 bits per heavy atom. The molecular weight excluding hydrogens is 544 g/mol. The molecule has 4 aliphatic heterocycles. The van der Waals surface area contributed by atoms with Crippen LogP contribution in [0.4, 0.5) is 11.4 Å². The van der Waals surface area contributed by atoms with Crippen LogP contribution in [0.2, 0.25) is 0 Å². The van der Waals surface area contributed by atoms with Crippen molar-refractivity contribution in [3.8, 4) is 0 Å². The van der Waals surface area contributed by atoms with Gasteiger partial charge in [0.2, 0.25) is 11.8 Å². The maximum atomic E-state index is 14.8. The predicted molar refractivity (Wildman–Crippen MR) is 164 cm³/mol. The van der Waals surface area contributed by atoms with Crippen molar-refractivity contribution >= 4 is 29.1 Å². The molecule has 2 saturated heterocycles. The zero-order valence-corrected chi connectivity index (χ0v) is 25.2. The first kappa shape index (κ1) is 29.1. The van der Waals surface area contributed by atoms with Gasteiger partial charge in [-0.15, -0.1) is 0 Å². The van der Waals surface area contributed by atoms with Crippen molar-refractivity contribution in [2.75, 3.05) is 49.6 Å². The number of aliphatic hydroxyl groups excluding tert-OH is 1. The van der Waals surface area contributed by atoms with Gasteiger partial charge >= 0.3 is 0 Å². The zero-order valence-electron chi connectivity index (χ0n) is 25.2. The molecule has 9 nitrogen and oxygen atoms in total. The number of amides is 3. The maximum absolute atomic E-state index is 14.8. The molecule has 2 fully saturated rings. The Kier molecular flexibility index (Phi) is 7.42. The Bertz CT molecular complexity index is 1450. The molecule has 1 N–H and O–H groups in total. The smallest absolute Gasteiger partial charge is 0.253 e. The van der Waals surface area contributed by atoms with Crippen LogP contribution < -0.4 is 9.80 Å². The average molecular weight is 585 g/mol. The van der Waals surface area contributed by atoms with Gasteiger partial charge in [0, 0.05) is 44.6 Å². The second-order valence-corrected chi connectivity index (χ2v) is 12.0. The second kappa shape index (κ2) is 11.0. The lowest BCUT2D eigenvalue weighted by Crippen LogP contribution is -2.57. The number of carbonyl (C=O) groups is 3. The van der Waals surface area contributed by atoms with E-state index < -0.39 is 35.1 Å². The molecule has 0 aromatic heterocycles. The topological polar surface area (TPSA) is 93.6 Å². The van der Waals surface area contributed by atoms with E-state index in [9.17, 15) is 19.5 Å². The quantitative estimate of drug-likeness (QED) is 0.503. The van der Waals surface area contributed by atoms with Gasteiger partial charge in [0.15, 0.2) is 0 Å². The van der Waals surface area contributed by atoms with Crippen molar-refractivity contribution < 1.29 is 24.2 Å². The number of nitrogens with zero attached hydrogens (tertiary/aromatic N) is 4. The number of hydrogen-bond donors (Lipinski definition) is 1. The van der Waals surface area contributed by atoms with Crippen LogP contribution in [0, 0.1) is 11.8 Å². The summed E-state index contributed by atoms with van der Waals surface area (Å²) in [5.41, 5.74) is -0.0143. The van der Waals surface area contributed by atoms with E-state index in [4.69, 9.17) is 4.74 Å². The molecule has 3 amide bonds. The van der Waals surface area contributed by atoms with Crippen LogP contribution in [-0.4, -0.2) is 89.7 Å². The molecule has 4 aliphatic rings. The van der Waals surface area contributed by atoms with Gasteiger partial charge in [0.1, 0.15) is 11.6 Å². The summed E-state index contributed by atoms with van der Waals surface area (Å²) in [5, 5.41) is 10.7.